The van der Waals surface area contributed by atoms with Gasteiger partial charge in [-0.1, -0.05) is 0 Å². The maximum Gasteiger partial charge on any atom is 0.269 e. The molecule has 1 aliphatic rings. The second kappa shape index (κ2) is 5.89. The summed E-state index contributed by atoms with van der Waals surface area (Å²) in [5, 5.41) is 20.7. The zero-order chi connectivity index (χ0) is 14.0. The molecule has 0 aromatic heterocycles. The Morgan fingerprint density at radius 1 is 1.21 bits per heavy atom. The average Bonchev–Trinajstić information content (AvgIpc) is 2.38. The zero-order valence-electron chi connectivity index (χ0n) is 9.93. The second-order valence-corrected chi connectivity index (χ2v) is 7.84. The molecule has 8 heteroatoms. The largest absolute Gasteiger partial charge is 0.386 e. The molecule has 6 nitrogen and oxygen atoms in total. The number of aliphatic hydroxyl groups excluding tert-OH is 1. The Kier molecular flexibility index (Phi) is 4.43. The fourth-order valence-corrected chi connectivity index (χ4v) is 5.86. The molecule has 19 heavy (non-hydrogen) atoms. The van der Waals surface area contributed by atoms with E-state index in [1.807, 2.05) is 0 Å². The lowest BCUT2D eigenvalue weighted by Gasteiger charge is -2.25. The van der Waals surface area contributed by atoms with Crippen LogP contribution in [-0.4, -0.2) is 34.5 Å². The molecule has 1 aromatic carbocycles. The molecule has 0 radical (unpaired) electrons. The lowest BCUT2D eigenvalue weighted by Crippen LogP contribution is -2.35. The third-order valence-electron chi connectivity index (χ3n) is 2.91. The van der Waals surface area contributed by atoms with Gasteiger partial charge in [0.25, 0.3) is 5.69 Å². The van der Waals surface area contributed by atoms with Crippen molar-refractivity contribution in [1.82, 2.24) is 0 Å². The molecule has 1 N–H and O–H groups in total. The molecule has 2 unspecified atom stereocenters. The van der Waals surface area contributed by atoms with Crippen LogP contribution in [0.25, 0.3) is 0 Å². The molecule has 1 aromatic rings. The lowest BCUT2D eigenvalue weighted by molar-refractivity contribution is -0.384. The van der Waals surface area contributed by atoms with Crippen molar-refractivity contribution in [3.63, 3.8) is 0 Å². The van der Waals surface area contributed by atoms with E-state index in [2.05, 4.69) is 0 Å². The molecule has 1 heterocycles. The van der Waals surface area contributed by atoms with E-state index in [1.165, 1.54) is 24.3 Å². The predicted molar refractivity (Wildman–Crippen MR) is 72.5 cm³/mol. The first-order chi connectivity index (χ1) is 9.00. The number of aliphatic hydroxyl groups is 1. The van der Waals surface area contributed by atoms with Crippen LogP contribution in [0.15, 0.2) is 24.3 Å². The van der Waals surface area contributed by atoms with Crippen molar-refractivity contribution >= 4 is 27.3 Å². The first-order valence-corrected chi connectivity index (χ1v) is 8.44. The van der Waals surface area contributed by atoms with Crippen LogP contribution in [-0.2, 0) is 21.6 Å². The molecular formula is C11H13NO5S2. The summed E-state index contributed by atoms with van der Waals surface area (Å²) < 4.78 is 22.9. The Morgan fingerprint density at radius 2 is 1.74 bits per heavy atom. The molecule has 0 saturated carbocycles. The van der Waals surface area contributed by atoms with Crippen molar-refractivity contribution in [2.75, 3.05) is 11.5 Å². The van der Waals surface area contributed by atoms with Crippen molar-refractivity contribution in [1.29, 1.82) is 0 Å². The zero-order valence-corrected chi connectivity index (χ0v) is 11.6. The summed E-state index contributed by atoms with van der Waals surface area (Å²) in [7, 11) is -2.67. The molecule has 2 rings (SSSR count). The van der Waals surface area contributed by atoms with Gasteiger partial charge in [0.15, 0.2) is 0 Å². The molecule has 104 valence electrons. The maximum atomic E-state index is 11.8. The van der Waals surface area contributed by atoms with E-state index in [1.54, 1.807) is 0 Å². The van der Waals surface area contributed by atoms with E-state index in [0.29, 0.717) is 23.5 Å². The third-order valence-corrected chi connectivity index (χ3v) is 7.13. The third kappa shape index (κ3) is 3.07. The minimum atomic E-state index is -1.34. The Labute approximate surface area is 114 Å². The van der Waals surface area contributed by atoms with E-state index in [-0.39, 0.29) is 5.69 Å². The number of nitro benzene ring substituents is 1. The van der Waals surface area contributed by atoms with Gasteiger partial charge in [-0.15, -0.1) is 0 Å². The van der Waals surface area contributed by atoms with Gasteiger partial charge in [0, 0.05) is 45.2 Å². The number of nitro groups is 1. The quantitative estimate of drug-likeness (QED) is 0.659. The summed E-state index contributed by atoms with van der Waals surface area (Å²) in [6, 6.07) is 5.36. The van der Waals surface area contributed by atoms with Gasteiger partial charge in [0.2, 0.25) is 0 Å². The van der Waals surface area contributed by atoms with E-state index in [4.69, 9.17) is 0 Å². The monoisotopic (exact) mass is 303 g/mol. The summed E-state index contributed by atoms with van der Waals surface area (Å²) in [4.78, 5) is 10.00. The van der Waals surface area contributed by atoms with Crippen LogP contribution < -0.4 is 0 Å². The Morgan fingerprint density at radius 3 is 2.21 bits per heavy atom. The highest BCUT2D eigenvalue weighted by Crippen LogP contribution is 2.28. The normalized spacial score (nSPS) is 28.8. The van der Waals surface area contributed by atoms with Gasteiger partial charge in [-0.2, -0.15) is 0 Å². The standard InChI is InChI=1S/C11H13NO5S2/c13-10(11-18(16)6-1-7-19(11)17)8-2-4-9(5-3-8)12(14)15/h2-5,10-11,13H,1,6-7H2/t10-,11?,18?,19?/m1/s1. The van der Waals surface area contributed by atoms with Crippen LogP contribution in [0.3, 0.4) is 0 Å². The van der Waals surface area contributed by atoms with E-state index >= 15 is 0 Å². The highest BCUT2D eigenvalue weighted by molar-refractivity contribution is 8.03. The SMILES string of the molecule is O=[N+]([O-])c1ccc([C@@H](O)C2S(=O)CCCS2=O)cc1. The number of rotatable bonds is 3. The van der Waals surface area contributed by atoms with Crippen molar-refractivity contribution < 1.29 is 18.4 Å². The van der Waals surface area contributed by atoms with Gasteiger partial charge in [0.05, 0.1) is 4.92 Å². The lowest BCUT2D eigenvalue weighted by atomic mass is 10.1. The summed E-state index contributed by atoms with van der Waals surface area (Å²) in [6.07, 6.45) is -0.495. The minimum absolute atomic E-state index is 0.0816. The summed E-state index contributed by atoms with van der Waals surface area (Å²) in [6.45, 7) is 0. The summed E-state index contributed by atoms with van der Waals surface area (Å²) in [5.41, 5.74) is 0.320. The van der Waals surface area contributed by atoms with E-state index in [0.717, 1.165) is 0 Å². The molecule has 0 bridgehead atoms. The molecule has 1 fully saturated rings. The van der Waals surface area contributed by atoms with Gasteiger partial charge in [-0.3, -0.25) is 18.5 Å². The summed E-state index contributed by atoms with van der Waals surface area (Å²) >= 11 is 0. The van der Waals surface area contributed by atoms with Crippen LogP contribution in [0, 0.1) is 10.1 Å². The van der Waals surface area contributed by atoms with Gasteiger partial charge in [-0.05, 0) is 24.1 Å². The van der Waals surface area contributed by atoms with Crippen LogP contribution in [0.4, 0.5) is 5.69 Å². The first-order valence-electron chi connectivity index (χ1n) is 5.67. The fraction of sp³-hybridized carbons (Fsp3) is 0.455. The molecule has 0 aliphatic carbocycles. The van der Waals surface area contributed by atoms with E-state index in [9.17, 15) is 23.6 Å². The Hall–Kier alpha value is -1.12. The van der Waals surface area contributed by atoms with Crippen LogP contribution in [0.1, 0.15) is 18.1 Å². The number of benzene rings is 1. The molecule has 0 amide bonds. The molecule has 1 aliphatic heterocycles. The van der Waals surface area contributed by atoms with Crippen molar-refractivity contribution in [2.24, 2.45) is 0 Å². The van der Waals surface area contributed by atoms with Gasteiger partial charge in [0.1, 0.15) is 10.7 Å². The Bertz CT molecular complexity index is 514. The molecule has 3 atom stereocenters. The summed E-state index contributed by atoms with van der Waals surface area (Å²) in [5.74, 6) is 0.862. The van der Waals surface area contributed by atoms with Crippen molar-refractivity contribution in [3.05, 3.63) is 39.9 Å². The topological polar surface area (TPSA) is 97.5 Å². The molecule has 1 saturated heterocycles. The first kappa shape index (κ1) is 14.3. The fourth-order valence-electron chi connectivity index (χ4n) is 1.93. The van der Waals surface area contributed by atoms with Crippen LogP contribution in [0.5, 0.6) is 0 Å². The van der Waals surface area contributed by atoms with Crippen LogP contribution >= 0.6 is 0 Å². The molecular weight excluding hydrogens is 290 g/mol. The second-order valence-electron chi connectivity index (χ2n) is 4.19. The van der Waals surface area contributed by atoms with Crippen LogP contribution in [0.2, 0.25) is 0 Å². The van der Waals surface area contributed by atoms with Gasteiger partial charge in [-0.25, -0.2) is 0 Å². The highest BCUT2D eigenvalue weighted by atomic mass is 32.2. The van der Waals surface area contributed by atoms with Crippen molar-refractivity contribution in [2.45, 2.75) is 17.1 Å². The Balaban J connectivity index is 2.22. The van der Waals surface area contributed by atoms with Crippen molar-refractivity contribution in [3.8, 4) is 0 Å². The molecule has 0 spiro atoms. The predicted octanol–water partition coefficient (Wildman–Crippen LogP) is 0.855. The van der Waals surface area contributed by atoms with Gasteiger partial charge >= 0.3 is 0 Å². The van der Waals surface area contributed by atoms with E-state index < -0.39 is 37.2 Å². The number of nitrogens with zero attached hydrogens (tertiary/aromatic N) is 1. The number of hydrogen-bond donors (Lipinski definition) is 1. The van der Waals surface area contributed by atoms with Gasteiger partial charge < -0.3 is 5.11 Å². The number of hydrogen-bond acceptors (Lipinski definition) is 5. The average molecular weight is 303 g/mol. The maximum absolute atomic E-state index is 11.8. The number of non-ortho nitro benzene ring substituents is 1. The smallest absolute Gasteiger partial charge is 0.269 e. The minimum Gasteiger partial charge on any atom is -0.386 e. The highest BCUT2D eigenvalue weighted by Gasteiger charge is 2.35.